The number of nitrogens with zero attached hydrogens (tertiary/aromatic N) is 1. The van der Waals surface area contributed by atoms with Gasteiger partial charge in [-0.25, -0.2) is 9.59 Å². The second kappa shape index (κ2) is 10.6. The van der Waals surface area contributed by atoms with E-state index >= 15 is 0 Å². The minimum Gasteiger partial charge on any atom is -0.480 e. The molecule has 0 aliphatic rings. The third-order valence-electron chi connectivity index (χ3n) is 2.40. The molecule has 7 nitrogen and oxygen atoms in total. The number of carboxylic acid groups (broad SMARTS) is 1. The highest BCUT2D eigenvalue weighted by Crippen LogP contribution is 1.96. The first-order valence-corrected chi connectivity index (χ1v) is 6.47. The number of amides is 2. The number of urea groups is 1. The highest BCUT2D eigenvalue weighted by molar-refractivity contribution is 5.82. The second-order valence-electron chi connectivity index (χ2n) is 4.50. The lowest BCUT2D eigenvalue weighted by atomic mass is 10.2. The van der Waals surface area contributed by atoms with Crippen LogP contribution in [0.1, 0.15) is 19.8 Å². The number of rotatable bonds is 10. The smallest absolute Gasteiger partial charge is 0.326 e. The first-order chi connectivity index (χ1) is 8.97. The largest absolute Gasteiger partial charge is 0.480 e. The lowest BCUT2D eigenvalue weighted by Crippen LogP contribution is -2.46. The lowest BCUT2D eigenvalue weighted by molar-refractivity contribution is -0.139. The number of hydrogen-bond acceptors (Lipinski definition) is 4. The van der Waals surface area contributed by atoms with Gasteiger partial charge in [-0.2, -0.15) is 0 Å². The van der Waals surface area contributed by atoms with E-state index in [0.717, 1.165) is 6.54 Å². The summed E-state index contributed by atoms with van der Waals surface area (Å²) in [5, 5.41) is 13.9. The van der Waals surface area contributed by atoms with Gasteiger partial charge in [0.05, 0.1) is 13.2 Å². The Balaban J connectivity index is 3.65. The van der Waals surface area contributed by atoms with Crippen molar-refractivity contribution in [3.8, 4) is 0 Å². The molecule has 1 atom stereocenters. The van der Waals surface area contributed by atoms with Crippen LogP contribution < -0.4 is 10.6 Å². The third kappa shape index (κ3) is 10.3. The summed E-state index contributed by atoms with van der Waals surface area (Å²) < 4.78 is 5.29. The molecule has 0 aromatic rings. The van der Waals surface area contributed by atoms with E-state index in [4.69, 9.17) is 9.84 Å². The predicted octanol–water partition coefficient (Wildman–Crippen LogP) is 0.117. The molecule has 0 heterocycles. The SMILES string of the molecule is CCC[C@@H](NC(=O)NCCOCCN(C)C)C(=O)O. The minimum absolute atomic E-state index is 0.359. The van der Waals surface area contributed by atoms with Gasteiger partial charge in [0, 0.05) is 13.1 Å². The van der Waals surface area contributed by atoms with Gasteiger partial charge in [0.1, 0.15) is 6.04 Å². The maximum atomic E-state index is 11.4. The van der Waals surface area contributed by atoms with Crippen molar-refractivity contribution in [2.24, 2.45) is 0 Å². The molecule has 0 aliphatic heterocycles. The topological polar surface area (TPSA) is 90.9 Å². The van der Waals surface area contributed by atoms with Crippen LogP contribution in [0.2, 0.25) is 0 Å². The predicted molar refractivity (Wildman–Crippen MR) is 72.2 cm³/mol. The van der Waals surface area contributed by atoms with Crippen molar-refractivity contribution in [3.63, 3.8) is 0 Å². The van der Waals surface area contributed by atoms with Gasteiger partial charge in [-0.15, -0.1) is 0 Å². The second-order valence-corrected chi connectivity index (χ2v) is 4.50. The summed E-state index contributed by atoms with van der Waals surface area (Å²) in [6, 6.07) is -1.31. The molecular formula is C12H25N3O4. The Kier molecular flexibility index (Phi) is 9.82. The van der Waals surface area contributed by atoms with Crippen LogP contribution in [0.4, 0.5) is 4.79 Å². The number of ether oxygens (including phenoxy) is 1. The molecule has 0 unspecified atom stereocenters. The van der Waals surface area contributed by atoms with Crippen LogP contribution in [0.15, 0.2) is 0 Å². The zero-order valence-corrected chi connectivity index (χ0v) is 11.9. The average Bonchev–Trinajstić information content (AvgIpc) is 2.32. The Labute approximate surface area is 114 Å². The van der Waals surface area contributed by atoms with Crippen LogP contribution in [0.3, 0.4) is 0 Å². The number of nitrogens with one attached hydrogen (secondary N) is 2. The number of aliphatic carboxylic acids is 1. The molecular weight excluding hydrogens is 250 g/mol. The summed E-state index contributed by atoms with van der Waals surface area (Å²) in [7, 11) is 3.91. The fraction of sp³-hybridized carbons (Fsp3) is 0.833. The summed E-state index contributed by atoms with van der Waals surface area (Å²) in [5.41, 5.74) is 0. The van der Waals surface area contributed by atoms with Crippen molar-refractivity contribution in [1.82, 2.24) is 15.5 Å². The van der Waals surface area contributed by atoms with E-state index in [-0.39, 0.29) is 0 Å². The number of hydrogen-bond donors (Lipinski definition) is 3. The molecule has 0 fully saturated rings. The van der Waals surface area contributed by atoms with E-state index in [9.17, 15) is 9.59 Å². The Morgan fingerprint density at radius 1 is 1.32 bits per heavy atom. The van der Waals surface area contributed by atoms with Gasteiger partial charge >= 0.3 is 12.0 Å². The first kappa shape index (κ1) is 17.7. The zero-order chi connectivity index (χ0) is 14.7. The molecule has 0 bridgehead atoms. The fourth-order valence-corrected chi connectivity index (χ4v) is 1.34. The molecule has 0 aromatic heterocycles. The maximum absolute atomic E-state index is 11.4. The average molecular weight is 275 g/mol. The van der Waals surface area contributed by atoms with Gasteiger partial charge in [-0.05, 0) is 20.5 Å². The number of likely N-dealkylation sites (N-methyl/N-ethyl adjacent to an activating group) is 1. The van der Waals surface area contributed by atoms with Gasteiger partial charge in [0.15, 0.2) is 0 Å². The molecule has 0 spiro atoms. The van der Waals surface area contributed by atoms with Gasteiger partial charge in [-0.3, -0.25) is 0 Å². The van der Waals surface area contributed by atoms with Crippen molar-refractivity contribution in [1.29, 1.82) is 0 Å². The highest BCUT2D eigenvalue weighted by atomic mass is 16.5. The number of carbonyl (C=O) groups excluding carboxylic acids is 1. The molecule has 0 aromatic carbocycles. The van der Waals surface area contributed by atoms with Crippen molar-refractivity contribution >= 4 is 12.0 Å². The molecule has 7 heteroatoms. The fourth-order valence-electron chi connectivity index (χ4n) is 1.34. The van der Waals surface area contributed by atoms with Crippen molar-refractivity contribution < 1.29 is 19.4 Å². The Hall–Kier alpha value is -1.34. The van der Waals surface area contributed by atoms with Crippen LogP contribution in [0.25, 0.3) is 0 Å². The van der Waals surface area contributed by atoms with Gasteiger partial charge in [-0.1, -0.05) is 13.3 Å². The quantitative estimate of drug-likeness (QED) is 0.493. The third-order valence-corrected chi connectivity index (χ3v) is 2.40. The van der Waals surface area contributed by atoms with Crippen molar-refractivity contribution in [2.45, 2.75) is 25.8 Å². The van der Waals surface area contributed by atoms with Gasteiger partial charge in [0.25, 0.3) is 0 Å². The molecule has 0 aliphatic carbocycles. The monoisotopic (exact) mass is 275 g/mol. The van der Waals surface area contributed by atoms with E-state index in [1.165, 1.54) is 0 Å². The Bertz CT molecular complexity index is 272. The van der Waals surface area contributed by atoms with Crippen LogP contribution in [-0.4, -0.2) is 68.4 Å². The molecule has 0 radical (unpaired) electrons. The molecule has 3 N–H and O–H groups in total. The zero-order valence-electron chi connectivity index (χ0n) is 11.9. The summed E-state index contributed by atoms with van der Waals surface area (Å²) in [6.45, 7) is 4.06. The molecule has 19 heavy (non-hydrogen) atoms. The van der Waals surface area contributed by atoms with Crippen LogP contribution >= 0.6 is 0 Å². The van der Waals surface area contributed by atoms with Gasteiger partial charge < -0.3 is 25.4 Å². The van der Waals surface area contributed by atoms with Crippen LogP contribution in [0.5, 0.6) is 0 Å². The first-order valence-electron chi connectivity index (χ1n) is 6.47. The van der Waals surface area contributed by atoms with Crippen LogP contribution in [0, 0.1) is 0 Å². The van der Waals surface area contributed by atoms with E-state index in [1.54, 1.807) is 0 Å². The normalized spacial score (nSPS) is 12.2. The number of carboxylic acids is 1. The highest BCUT2D eigenvalue weighted by Gasteiger charge is 2.18. The maximum Gasteiger partial charge on any atom is 0.326 e. The Morgan fingerprint density at radius 3 is 2.53 bits per heavy atom. The summed E-state index contributed by atoms with van der Waals surface area (Å²) in [4.78, 5) is 24.3. The van der Waals surface area contributed by atoms with E-state index in [0.29, 0.717) is 32.6 Å². The summed E-state index contributed by atoms with van der Waals surface area (Å²) in [6.07, 6.45) is 1.12. The van der Waals surface area contributed by atoms with Crippen molar-refractivity contribution in [2.75, 3.05) is 40.4 Å². The van der Waals surface area contributed by atoms with Crippen LogP contribution in [-0.2, 0) is 9.53 Å². The standard InChI is InChI=1S/C12H25N3O4/c1-4-5-10(11(16)17)14-12(18)13-6-8-19-9-7-15(2)3/h10H,4-9H2,1-3H3,(H,16,17)(H2,13,14,18)/t10-/m1/s1. The Morgan fingerprint density at radius 2 is 2.00 bits per heavy atom. The van der Waals surface area contributed by atoms with E-state index in [2.05, 4.69) is 10.6 Å². The summed E-state index contributed by atoms with van der Waals surface area (Å²) >= 11 is 0. The van der Waals surface area contributed by atoms with Crippen molar-refractivity contribution in [3.05, 3.63) is 0 Å². The van der Waals surface area contributed by atoms with E-state index in [1.807, 2.05) is 25.9 Å². The molecule has 0 saturated heterocycles. The molecule has 2 amide bonds. The lowest BCUT2D eigenvalue weighted by Gasteiger charge is -2.14. The summed E-state index contributed by atoms with van der Waals surface area (Å²) in [5.74, 6) is -1.01. The minimum atomic E-state index is -1.01. The van der Waals surface area contributed by atoms with E-state index < -0.39 is 18.0 Å². The number of carbonyl (C=O) groups is 2. The molecule has 0 rings (SSSR count). The van der Waals surface area contributed by atoms with Gasteiger partial charge in [0.2, 0.25) is 0 Å². The molecule has 0 saturated carbocycles. The molecule has 112 valence electrons.